The molecule has 0 bridgehead atoms. The van der Waals surface area contributed by atoms with Gasteiger partial charge in [0.15, 0.2) is 0 Å². The maximum absolute atomic E-state index is 13.2. The summed E-state index contributed by atoms with van der Waals surface area (Å²) in [6, 6.07) is 6.81. The molecule has 0 amide bonds. The first-order chi connectivity index (χ1) is 7.84. The number of benzene rings is 1. The summed E-state index contributed by atoms with van der Waals surface area (Å²) in [4.78, 5) is 0. The molecule has 0 radical (unpaired) electrons. The minimum atomic E-state index is -0.150. The van der Waals surface area contributed by atoms with E-state index in [9.17, 15) is 4.39 Å². The summed E-state index contributed by atoms with van der Waals surface area (Å²) in [5.74, 6) is 1.83. The van der Waals surface area contributed by atoms with Crippen molar-refractivity contribution in [2.24, 2.45) is 0 Å². The Bertz CT molecular complexity index is 296. The molecular weight excluding hydrogens is 225 g/mol. The van der Waals surface area contributed by atoms with Crippen LogP contribution in [0.2, 0.25) is 0 Å². The van der Waals surface area contributed by atoms with E-state index in [4.69, 9.17) is 5.11 Å². The second kappa shape index (κ2) is 8.56. The van der Waals surface area contributed by atoms with Gasteiger partial charge < -0.3 is 10.4 Å². The van der Waals surface area contributed by atoms with E-state index in [1.54, 1.807) is 23.9 Å². The molecule has 16 heavy (non-hydrogen) atoms. The zero-order valence-electron chi connectivity index (χ0n) is 9.29. The third kappa shape index (κ3) is 5.49. The Balaban J connectivity index is 2.05. The van der Waals surface area contributed by atoms with E-state index in [2.05, 4.69) is 5.32 Å². The molecule has 0 saturated heterocycles. The number of hydrogen-bond acceptors (Lipinski definition) is 3. The highest BCUT2D eigenvalue weighted by atomic mass is 32.2. The molecule has 4 heteroatoms. The van der Waals surface area contributed by atoms with Gasteiger partial charge in [-0.25, -0.2) is 4.39 Å². The number of halogens is 1. The van der Waals surface area contributed by atoms with Gasteiger partial charge in [-0.15, -0.1) is 0 Å². The van der Waals surface area contributed by atoms with Gasteiger partial charge in [0.2, 0.25) is 0 Å². The summed E-state index contributed by atoms with van der Waals surface area (Å²) >= 11 is 1.80. The Morgan fingerprint density at radius 3 is 2.81 bits per heavy atom. The summed E-state index contributed by atoms with van der Waals surface area (Å²) in [7, 11) is 0. The van der Waals surface area contributed by atoms with Gasteiger partial charge in [-0.1, -0.05) is 18.2 Å². The first kappa shape index (κ1) is 13.5. The Hall–Kier alpha value is -0.580. The van der Waals surface area contributed by atoms with Crippen molar-refractivity contribution in [2.45, 2.75) is 13.0 Å². The van der Waals surface area contributed by atoms with Gasteiger partial charge in [0, 0.05) is 31.0 Å². The van der Waals surface area contributed by atoms with E-state index in [1.807, 2.05) is 6.07 Å². The van der Waals surface area contributed by atoms with Crippen molar-refractivity contribution in [1.82, 2.24) is 5.32 Å². The molecule has 90 valence electrons. The Kier molecular flexibility index (Phi) is 7.21. The van der Waals surface area contributed by atoms with Gasteiger partial charge in [0.1, 0.15) is 5.82 Å². The minimum Gasteiger partial charge on any atom is -0.396 e. The van der Waals surface area contributed by atoms with Gasteiger partial charge >= 0.3 is 0 Å². The van der Waals surface area contributed by atoms with E-state index < -0.39 is 0 Å². The lowest BCUT2D eigenvalue weighted by atomic mass is 10.2. The standard InChI is InChI=1S/C12H18FNOS/c13-12-5-2-1-4-11(12)10-14-6-9-16-8-3-7-15/h1-2,4-5,14-15H,3,6-10H2. The molecule has 0 aliphatic rings. The maximum Gasteiger partial charge on any atom is 0.127 e. The fourth-order valence-corrected chi connectivity index (χ4v) is 2.10. The normalized spacial score (nSPS) is 10.6. The molecule has 0 unspecified atom stereocenters. The third-order valence-electron chi connectivity index (χ3n) is 2.14. The highest BCUT2D eigenvalue weighted by Crippen LogP contribution is 2.05. The average Bonchev–Trinajstić information content (AvgIpc) is 2.30. The fourth-order valence-electron chi connectivity index (χ4n) is 1.28. The maximum atomic E-state index is 13.2. The van der Waals surface area contributed by atoms with Crippen LogP contribution in [0, 0.1) is 5.82 Å². The number of aliphatic hydroxyl groups excluding tert-OH is 1. The van der Waals surface area contributed by atoms with Crippen molar-refractivity contribution in [2.75, 3.05) is 24.7 Å². The molecule has 0 saturated carbocycles. The van der Waals surface area contributed by atoms with Gasteiger partial charge in [0.05, 0.1) is 0 Å². The second-order valence-corrected chi connectivity index (χ2v) is 4.68. The SMILES string of the molecule is OCCCSCCNCc1ccccc1F. The highest BCUT2D eigenvalue weighted by Gasteiger charge is 1.98. The average molecular weight is 243 g/mol. The van der Waals surface area contributed by atoms with E-state index >= 15 is 0 Å². The van der Waals surface area contributed by atoms with Crippen LogP contribution in [0.15, 0.2) is 24.3 Å². The number of aliphatic hydroxyl groups is 1. The van der Waals surface area contributed by atoms with Crippen LogP contribution < -0.4 is 5.32 Å². The summed E-state index contributed by atoms with van der Waals surface area (Å²) in [5.41, 5.74) is 0.711. The third-order valence-corrected chi connectivity index (χ3v) is 3.21. The van der Waals surface area contributed by atoms with Crippen molar-refractivity contribution >= 4 is 11.8 Å². The van der Waals surface area contributed by atoms with Crippen LogP contribution in [-0.4, -0.2) is 29.8 Å². The molecular formula is C12H18FNOS. The van der Waals surface area contributed by atoms with Crippen molar-refractivity contribution in [1.29, 1.82) is 0 Å². The monoisotopic (exact) mass is 243 g/mol. The first-order valence-corrected chi connectivity index (χ1v) is 6.63. The number of hydrogen-bond donors (Lipinski definition) is 2. The molecule has 2 N–H and O–H groups in total. The predicted octanol–water partition coefficient (Wildman–Crippen LogP) is 2.03. The lowest BCUT2D eigenvalue weighted by Gasteiger charge is -2.05. The molecule has 0 aliphatic heterocycles. The van der Waals surface area contributed by atoms with Crippen LogP contribution in [0.4, 0.5) is 4.39 Å². The van der Waals surface area contributed by atoms with Crippen molar-refractivity contribution in [3.05, 3.63) is 35.6 Å². The molecule has 1 aromatic rings. The predicted molar refractivity (Wildman–Crippen MR) is 67.1 cm³/mol. The van der Waals surface area contributed by atoms with Crippen LogP contribution in [-0.2, 0) is 6.54 Å². The van der Waals surface area contributed by atoms with Crippen LogP contribution in [0.25, 0.3) is 0 Å². The Morgan fingerprint density at radius 1 is 1.25 bits per heavy atom. The fraction of sp³-hybridized carbons (Fsp3) is 0.500. The highest BCUT2D eigenvalue weighted by molar-refractivity contribution is 7.99. The van der Waals surface area contributed by atoms with Crippen LogP contribution in [0.3, 0.4) is 0 Å². The van der Waals surface area contributed by atoms with E-state index in [1.165, 1.54) is 6.07 Å². The summed E-state index contributed by atoms with van der Waals surface area (Å²) in [6.45, 7) is 1.70. The molecule has 0 fully saturated rings. The van der Waals surface area contributed by atoms with Crippen LogP contribution in [0.5, 0.6) is 0 Å². The summed E-state index contributed by atoms with van der Waals surface area (Å²) < 4.78 is 13.2. The Labute approximate surface area is 100 Å². The van der Waals surface area contributed by atoms with Crippen molar-refractivity contribution in [3.8, 4) is 0 Å². The largest absolute Gasteiger partial charge is 0.396 e. The summed E-state index contributed by atoms with van der Waals surface area (Å²) in [6.07, 6.45) is 0.845. The molecule has 0 heterocycles. The molecule has 0 spiro atoms. The zero-order chi connectivity index (χ0) is 11.6. The second-order valence-electron chi connectivity index (χ2n) is 3.46. The van der Waals surface area contributed by atoms with E-state index in [0.717, 1.165) is 24.5 Å². The molecule has 0 atom stereocenters. The van der Waals surface area contributed by atoms with Crippen LogP contribution >= 0.6 is 11.8 Å². The van der Waals surface area contributed by atoms with E-state index in [-0.39, 0.29) is 12.4 Å². The lowest BCUT2D eigenvalue weighted by Crippen LogP contribution is -2.17. The number of thioether (sulfide) groups is 1. The zero-order valence-corrected chi connectivity index (χ0v) is 10.1. The lowest BCUT2D eigenvalue weighted by molar-refractivity contribution is 0.296. The topological polar surface area (TPSA) is 32.3 Å². The number of rotatable bonds is 8. The van der Waals surface area contributed by atoms with Gasteiger partial charge in [-0.05, 0) is 18.2 Å². The van der Waals surface area contributed by atoms with E-state index in [0.29, 0.717) is 12.1 Å². The Morgan fingerprint density at radius 2 is 2.06 bits per heavy atom. The molecule has 1 rings (SSSR count). The molecule has 0 aliphatic carbocycles. The molecule has 0 aromatic heterocycles. The van der Waals surface area contributed by atoms with Crippen molar-refractivity contribution in [3.63, 3.8) is 0 Å². The minimum absolute atomic E-state index is 0.150. The van der Waals surface area contributed by atoms with Gasteiger partial charge in [0.25, 0.3) is 0 Å². The smallest absolute Gasteiger partial charge is 0.127 e. The summed E-state index contributed by atoms with van der Waals surface area (Å²) in [5, 5.41) is 11.8. The quantitative estimate of drug-likeness (QED) is 0.685. The number of nitrogens with one attached hydrogen (secondary N) is 1. The van der Waals surface area contributed by atoms with Crippen LogP contribution in [0.1, 0.15) is 12.0 Å². The molecule has 2 nitrogen and oxygen atoms in total. The molecule has 1 aromatic carbocycles. The van der Waals surface area contributed by atoms with Gasteiger partial charge in [-0.2, -0.15) is 11.8 Å². The van der Waals surface area contributed by atoms with Crippen molar-refractivity contribution < 1.29 is 9.50 Å². The van der Waals surface area contributed by atoms with Gasteiger partial charge in [-0.3, -0.25) is 0 Å². The first-order valence-electron chi connectivity index (χ1n) is 5.47.